The molecule has 2 fully saturated rings. The molecule has 8 nitrogen and oxygen atoms in total. The van der Waals surface area contributed by atoms with Crippen LogP contribution in [0.1, 0.15) is 70.2 Å². The largest absolute Gasteiger partial charge is 0.494 e. The van der Waals surface area contributed by atoms with Gasteiger partial charge in [0.15, 0.2) is 5.82 Å². The summed E-state index contributed by atoms with van der Waals surface area (Å²) in [6.07, 6.45) is 5.85. The maximum absolute atomic E-state index is 12.8. The fourth-order valence-electron chi connectivity index (χ4n) is 5.77. The Labute approximate surface area is 224 Å². The third kappa shape index (κ3) is 5.25. The number of nitrogens with zero attached hydrogens (tertiary/aromatic N) is 6. The Hall–Kier alpha value is -3.44. The summed E-state index contributed by atoms with van der Waals surface area (Å²) < 4.78 is 7.48. The van der Waals surface area contributed by atoms with E-state index in [0.29, 0.717) is 28.6 Å². The van der Waals surface area contributed by atoms with Crippen LogP contribution in [-0.2, 0) is 7.05 Å². The summed E-state index contributed by atoms with van der Waals surface area (Å²) in [5.74, 6) is 2.40. The molecule has 0 amide bonds. The zero-order valence-corrected chi connectivity index (χ0v) is 22.9. The first-order valence-corrected chi connectivity index (χ1v) is 14.0. The quantitative estimate of drug-likeness (QED) is 0.405. The van der Waals surface area contributed by atoms with Gasteiger partial charge in [-0.2, -0.15) is 10.2 Å². The highest BCUT2D eigenvalue weighted by Gasteiger charge is 2.36. The molecule has 3 atom stereocenters. The van der Waals surface area contributed by atoms with Crippen molar-refractivity contribution < 1.29 is 4.74 Å². The fourth-order valence-corrected chi connectivity index (χ4v) is 5.77. The molecular formula is C30H38N6O2. The van der Waals surface area contributed by atoms with E-state index < -0.39 is 0 Å². The van der Waals surface area contributed by atoms with Crippen LogP contribution in [0.25, 0.3) is 11.0 Å². The van der Waals surface area contributed by atoms with Crippen LogP contribution in [0.2, 0.25) is 0 Å². The molecule has 8 heteroatoms. The SMILES string of the molecule is CCC(c1ccc(OCCC2CC2)cc1)N1CC(C)N(c2nc(=O)n(C)c3ccc(C#N)nc23)C[C@H]1CC. The number of benzene rings is 1. The van der Waals surface area contributed by atoms with E-state index in [9.17, 15) is 10.1 Å². The Kier molecular flexibility index (Phi) is 7.66. The second kappa shape index (κ2) is 11.1. The van der Waals surface area contributed by atoms with E-state index in [1.165, 1.54) is 23.0 Å². The van der Waals surface area contributed by atoms with Crippen molar-refractivity contribution in [3.63, 3.8) is 0 Å². The lowest BCUT2D eigenvalue weighted by molar-refractivity contribution is 0.0939. The highest BCUT2D eigenvalue weighted by molar-refractivity contribution is 5.86. The molecule has 1 aliphatic carbocycles. The molecule has 1 aromatic carbocycles. The first-order valence-electron chi connectivity index (χ1n) is 14.0. The molecule has 2 aliphatic rings. The molecule has 0 N–H and O–H groups in total. The lowest BCUT2D eigenvalue weighted by atomic mass is 9.96. The summed E-state index contributed by atoms with van der Waals surface area (Å²) in [5.41, 5.74) is 2.60. The number of hydrogen-bond donors (Lipinski definition) is 0. The van der Waals surface area contributed by atoms with Gasteiger partial charge in [-0.05, 0) is 61.9 Å². The van der Waals surface area contributed by atoms with Crippen LogP contribution >= 0.6 is 0 Å². The Balaban J connectivity index is 1.38. The maximum atomic E-state index is 12.8. The summed E-state index contributed by atoms with van der Waals surface area (Å²) >= 11 is 0. The molecule has 2 aromatic heterocycles. The van der Waals surface area contributed by atoms with Crippen LogP contribution in [0.3, 0.4) is 0 Å². The van der Waals surface area contributed by atoms with E-state index in [1.807, 2.05) is 0 Å². The van der Waals surface area contributed by atoms with Crippen molar-refractivity contribution in [1.29, 1.82) is 5.26 Å². The van der Waals surface area contributed by atoms with Crippen LogP contribution in [-0.4, -0.2) is 51.2 Å². The second-order valence-corrected chi connectivity index (χ2v) is 10.8. The Morgan fingerprint density at radius 3 is 2.53 bits per heavy atom. The molecule has 5 rings (SSSR count). The van der Waals surface area contributed by atoms with Crippen molar-refractivity contribution in [2.75, 3.05) is 24.6 Å². The minimum absolute atomic E-state index is 0.118. The number of piperazine rings is 1. The Morgan fingerprint density at radius 1 is 1.11 bits per heavy atom. The zero-order chi connectivity index (χ0) is 26.8. The molecule has 200 valence electrons. The number of aromatic nitrogens is 3. The first kappa shape index (κ1) is 26.2. The van der Waals surface area contributed by atoms with Crippen molar-refractivity contribution >= 4 is 16.9 Å². The van der Waals surface area contributed by atoms with Crippen molar-refractivity contribution in [3.05, 3.63) is 58.1 Å². The predicted molar refractivity (Wildman–Crippen MR) is 149 cm³/mol. The van der Waals surface area contributed by atoms with E-state index >= 15 is 0 Å². The number of anilines is 1. The van der Waals surface area contributed by atoms with Crippen LogP contribution in [0.4, 0.5) is 5.82 Å². The molecule has 1 saturated heterocycles. The minimum atomic E-state index is -0.312. The van der Waals surface area contributed by atoms with Crippen LogP contribution in [0.5, 0.6) is 5.75 Å². The van der Waals surface area contributed by atoms with E-state index in [4.69, 9.17) is 4.74 Å². The van der Waals surface area contributed by atoms with Gasteiger partial charge >= 0.3 is 5.69 Å². The second-order valence-electron chi connectivity index (χ2n) is 10.8. The van der Waals surface area contributed by atoms with E-state index in [1.54, 1.807) is 19.2 Å². The lowest BCUT2D eigenvalue weighted by Gasteiger charge is -2.49. The molecule has 0 bridgehead atoms. The van der Waals surface area contributed by atoms with Gasteiger partial charge in [0.25, 0.3) is 0 Å². The number of aryl methyl sites for hydroxylation is 1. The third-order valence-electron chi connectivity index (χ3n) is 8.22. The topological polar surface area (TPSA) is 87.3 Å². The highest BCUT2D eigenvalue weighted by Crippen LogP contribution is 2.35. The molecule has 2 unspecified atom stereocenters. The summed E-state index contributed by atoms with van der Waals surface area (Å²) in [4.78, 5) is 26.6. The molecule has 0 radical (unpaired) electrons. The molecular weight excluding hydrogens is 476 g/mol. The average Bonchev–Trinajstić information content (AvgIpc) is 3.76. The third-order valence-corrected chi connectivity index (χ3v) is 8.22. The normalized spacial score (nSPS) is 20.9. The van der Waals surface area contributed by atoms with Gasteiger partial charge in [-0.1, -0.05) is 38.8 Å². The van der Waals surface area contributed by atoms with Crippen LogP contribution in [0, 0.1) is 17.2 Å². The number of hydrogen-bond acceptors (Lipinski definition) is 7. The highest BCUT2D eigenvalue weighted by atomic mass is 16.5. The van der Waals surface area contributed by atoms with Gasteiger partial charge in [-0.15, -0.1) is 0 Å². The summed E-state index contributed by atoms with van der Waals surface area (Å²) in [6.45, 7) is 9.03. The van der Waals surface area contributed by atoms with Crippen molar-refractivity contribution in [2.45, 2.75) is 71.0 Å². The van der Waals surface area contributed by atoms with Gasteiger partial charge < -0.3 is 9.64 Å². The predicted octanol–water partition coefficient (Wildman–Crippen LogP) is 4.82. The number of nitriles is 1. The monoisotopic (exact) mass is 514 g/mol. The van der Waals surface area contributed by atoms with E-state index in [2.05, 4.69) is 70.9 Å². The van der Waals surface area contributed by atoms with Gasteiger partial charge in [0.05, 0.1) is 12.1 Å². The number of pyridine rings is 1. The maximum Gasteiger partial charge on any atom is 0.349 e. The van der Waals surface area contributed by atoms with Gasteiger partial charge in [0.2, 0.25) is 0 Å². The van der Waals surface area contributed by atoms with Crippen molar-refractivity contribution in [3.8, 4) is 11.8 Å². The minimum Gasteiger partial charge on any atom is -0.494 e. The summed E-state index contributed by atoms with van der Waals surface area (Å²) in [5, 5.41) is 9.44. The molecule has 3 heterocycles. The van der Waals surface area contributed by atoms with Gasteiger partial charge in [-0.25, -0.2) is 9.78 Å². The summed E-state index contributed by atoms with van der Waals surface area (Å²) in [7, 11) is 1.70. The van der Waals surface area contributed by atoms with Crippen LogP contribution < -0.4 is 15.3 Å². The Bertz CT molecular complexity index is 1370. The first-order chi connectivity index (χ1) is 18.4. The molecule has 1 aliphatic heterocycles. The number of fused-ring (bicyclic) bond motifs is 1. The fraction of sp³-hybridized carbons (Fsp3) is 0.533. The standard InChI is InChI=1S/C30H38N6O2/c1-5-24-19-35(29-28-27(34(4)30(37)33-29)14-11-23(17-31)32-28)20(3)18-36(24)26(6-2)22-9-12-25(13-10-22)38-16-15-21-7-8-21/h9-14,20-21,24,26H,5-8,15-16,18-19H2,1-4H3/t20?,24-,26?/m1/s1. The molecule has 38 heavy (non-hydrogen) atoms. The van der Waals surface area contributed by atoms with Gasteiger partial charge in [0, 0.05) is 38.3 Å². The lowest BCUT2D eigenvalue weighted by Crippen LogP contribution is -2.58. The number of ether oxygens (including phenoxy) is 1. The number of rotatable bonds is 9. The smallest absolute Gasteiger partial charge is 0.349 e. The molecule has 3 aromatic rings. The molecule has 1 saturated carbocycles. The zero-order valence-electron chi connectivity index (χ0n) is 22.9. The average molecular weight is 515 g/mol. The van der Waals surface area contributed by atoms with Crippen molar-refractivity contribution in [2.24, 2.45) is 13.0 Å². The summed E-state index contributed by atoms with van der Waals surface area (Å²) in [6, 6.07) is 14.9. The van der Waals surface area contributed by atoms with Crippen molar-refractivity contribution in [1.82, 2.24) is 19.4 Å². The van der Waals surface area contributed by atoms with Gasteiger partial charge in [0.1, 0.15) is 23.0 Å². The van der Waals surface area contributed by atoms with Gasteiger partial charge in [-0.3, -0.25) is 9.47 Å². The molecule has 0 spiro atoms. The van der Waals surface area contributed by atoms with E-state index in [0.717, 1.165) is 50.6 Å². The van der Waals surface area contributed by atoms with E-state index in [-0.39, 0.29) is 17.8 Å². The van der Waals surface area contributed by atoms with Crippen LogP contribution in [0.15, 0.2) is 41.2 Å². The Morgan fingerprint density at radius 2 is 1.87 bits per heavy atom.